The minimum atomic E-state index is -3.90. The second-order valence-corrected chi connectivity index (χ2v) is 24.4. The van der Waals surface area contributed by atoms with E-state index >= 15 is 0 Å². The highest BCUT2D eigenvalue weighted by atomic mass is 35.5. The van der Waals surface area contributed by atoms with Gasteiger partial charge in [0.05, 0.1) is 36.8 Å². The van der Waals surface area contributed by atoms with Gasteiger partial charge >= 0.3 is 0 Å². The number of halogens is 1. The zero-order chi connectivity index (χ0) is 40.7. The number of anilines is 1. The molecule has 1 amide bonds. The van der Waals surface area contributed by atoms with Crippen molar-refractivity contribution in [2.75, 3.05) is 30.4 Å². The van der Waals surface area contributed by atoms with Crippen molar-refractivity contribution < 1.29 is 27.5 Å². The predicted octanol–water partition coefficient (Wildman–Crippen LogP) is 7.56. The van der Waals surface area contributed by atoms with Crippen molar-refractivity contribution in [2.24, 2.45) is 11.8 Å². The smallest absolute Gasteiger partial charge is 0.264 e. The quantitative estimate of drug-likeness (QED) is 0.158. The summed E-state index contributed by atoms with van der Waals surface area (Å²) in [4.78, 5) is 16.2. The van der Waals surface area contributed by atoms with E-state index < -0.39 is 35.8 Å². The van der Waals surface area contributed by atoms with Crippen LogP contribution in [0.2, 0.25) is 10.1 Å². The maximum Gasteiger partial charge on any atom is 0.264 e. The molecule has 2 N–H and O–H groups in total. The van der Waals surface area contributed by atoms with Crippen LogP contribution in [0.25, 0.3) is 0 Å². The number of ether oxygens (including phenoxy) is 1. The van der Waals surface area contributed by atoms with Crippen LogP contribution in [0, 0.1) is 11.8 Å². The van der Waals surface area contributed by atoms with Crippen LogP contribution in [0.5, 0.6) is 5.75 Å². The number of sulfonamides is 1. The van der Waals surface area contributed by atoms with Crippen molar-refractivity contribution in [1.82, 2.24) is 4.72 Å². The van der Waals surface area contributed by atoms with E-state index in [1.54, 1.807) is 12.1 Å². The minimum absolute atomic E-state index is 0.0416. The third kappa shape index (κ3) is 7.78. The van der Waals surface area contributed by atoms with Crippen LogP contribution in [0.15, 0.2) is 109 Å². The number of carbonyl (C=O) groups is 1. The molecular formula is C47H55ClN2O6SSi. The largest absolute Gasteiger partial charge is 0.490 e. The molecule has 2 aliphatic carbocycles. The van der Waals surface area contributed by atoms with Crippen LogP contribution in [0.1, 0.15) is 80.8 Å². The molecule has 2 heterocycles. The van der Waals surface area contributed by atoms with Gasteiger partial charge in [-0.3, -0.25) is 4.79 Å². The molecule has 58 heavy (non-hydrogen) atoms. The van der Waals surface area contributed by atoms with E-state index in [1.807, 2.05) is 36.4 Å². The van der Waals surface area contributed by atoms with Gasteiger partial charge in [0.2, 0.25) is 10.0 Å². The number of nitrogens with one attached hydrogen (secondary N) is 1. The summed E-state index contributed by atoms with van der Waals surface area (Å²) in [5.41, 5.74) is 2.98. The third-order valence-corrected chi connectivity index (χ3v) is 19.8. The van der Waals surface area contributed by atoms with Crippen molar-refractivity contribution in [1.29, 1.82) is 0 Å². The van der Waals surface area contributed by atoms with Crippen LogP contribution in [0.4, 0.5) is 5.69 Å². The number of carbonyl (C=O) groups excluding carboxylic acids is 1. The lowest BCUT2D eigenvalue weighted by Crippen LogP contribution is -2.68. The van der Waals surface area contributed by atoms with Crippen molar-refractivity contribution in [2.45, 2.75) is 88.3 Å². The molecular weight excluding hydrogens is 784 g/mol. The molecule has 1 saturated carbocycles. The molecule has 1 fully saturated rings. The zero-order valence-electron chi connectivity index (χ0n) is 33.7. The van der Waals surface area contributed by atoms with Gasteiger partial charge < -0.3 is 19.2 Å². The Morgan fingerprint density at radius 3 is 2.33 bits per heavy atom. The van der Waals surface area contributed by atoms with Crippen LogP contribution in [-0.4, -0.2) is 65.4 Å². The number of hydrogen-bond donors (Lipinski definition) is 2. The summed E-state index contributed by atoms with van der Waals surface area (Å²) < 4.78 is 43.2. The zero-order valence-corrected chi connectivity index (χ0v) is 36.3. The summed E-state index contributed by atoms with van der Waals surface area (Å²) in [5, 5.41) is 14.7. The number of aliphatic hydroxyl groups is 1. The Bertz CT molecular complexity index is 2230. The highest BCUT2D eigenvalue weighted by molar-refractivity contribution is 7.90. The number of hydrogen-bond acceptors (Lipinski definition) is 7. The summed E-state index contributed by atoms with van der Waals surface area (Å²) >= 11 is 6.59. The third-order valence-electron chi connectivity index (χ3n) is 13.2. The van der Waals surface area contributed by atoms with E-state index in [0.29, 0.717) is 43.4 Å². The second-order valence-electron chi connectivity index (χ2n) is 17.8. The Hall–Kier alpha value is -3.93. The fourth-order valence-corrected chi connectivity index (χ4v) is 16.0. The fourth-order valence-electron chi connectivity index (χ4n) is 10.2. The van der Waals surface area contributed by atoms with Crippen molar-refractivity contribution in [3.8, 4) is 5.75 Å². The van der Waals surface area contributed by atoms with Gasteiger partial charge in [-0.15, -0.1) is 0 Å². The van der Waals surface area contributed by atoms with Gasteiger partial charge in [0.25, 0.3) is 14.2 Å². The number of rotatable bonds is 5. The molecule has 8 rings (SSSR count). The number of fused-ring (bicyclic) bond motifs is 4. The van der Waals surface area contributed by atoms with E-state index in [1.165, 1.54) is 21.5 Å². The number of nitrogens with zero attached hydrogens (tertiary/aromatic N) is 1. The highest BCUT2D eigenvalue weighted by Crippen LogP contribution is 2.49. The lowest BCUT2D eigenvalue weighted by atomic mass is 9.65. The first-order valence-electron chi connectivity index (χ1n) is 20.8. The summed E-state index contributed by atoms with van der Waals surface area (Å²) in [6, 6.07) is 32.5. The summed E-state index contributed by atoms with van der Waals surface area (Å²) in [6.07, 6.45) is 8.34. The first kappa shape index (κ1) is 40.8. The summed E-state index contributed by atoms with van der Waals surface area (Å²) in [7, 11) is -6.92. The van der Waals surface area contributed by atoms with Gasteiger partial charge in [-0.1, -0.05) is 111 Å². The molecule has 4 aromatic carbocycles. The molecule has 306 valence electrons. The van der Waals surface area contributed by atoms with Gasteiger partial charge in [0, 0.05) is 22.5 Å². The summed E-state index contributed by atoms with van der Waals surface area (Å²) in [5.74, 6) is -0.240. The molecule has 5 atom stereocenters. The van der Waals surface area contributed by atoms with Crippen LogP contribution in [-0.2, 0) is 26.3 Å². The lowest BCUT2D eigenvalue weighted by molar-refractivity contribution is 0.0164. The highest BCUT2D eigenvalue weighted by Gasteiger charge is 2.53. The van der Waals surface area contributed by atoms with Gasteiger partial charge in [-0.05, 0) is 114 Å². The maximum atomic E-state index is 13.8. The van der Waals surface area contributed by atoms with Crippen molar-refractivity contribution >= 4 is 51.9 Å². The van der Waals surface area contributed by atoms with Gasteiger partial charge in [-0.2, -0.15) is 0 Å². The lowest BCUT2D eigenvalue weighted by Gasteiger charge is -2.52. The monoisotopic (exact) mass is 838 g/mol. The van der Waals surface area contributed by atoms with E-state index in [0.717, 1.165) is 37.8 Å². The fraction of sp³-hybridized carbons (Fsp3) is 0.426. The van der Waals surface area contributed by atoms with E-state index in [2.05, 4.69) is 91.1 Å². The number of aryl methyl sites for hydroxylation is 1. The van der Waals surface area contributed by atoms with E-state index in [4.69, 9.17) is 20.8 Å². The maximum absolute atomic E-state index is 13.8. The Balaban J connectivity index is 1.32. The molecule has 4 aromatic rings. The normalized spacial score (nSPS) is 26.0. The molecule has 2 aliphatic heterocycles. The average molecular weight is 840 g/mol. The van der Waals surface area contributed by atoms with Gasteiger partial charge in [0.1, 0.15) is 5.75 Å². The second kappa shape index (κ2) is 16.3. The first-order chi connectivity index (χ1) is 27.8. The molecule has 11 heteroatoms. The molecule has 4 aliphatic rings. The van der Waals surface area contributed by atoms with Crippen LogP contribution >= 0.6 is 11.6 Å². The standard InChI is InChI=1S/C47H55ClN2O6SSi/c1-46(2,3)58(36-15-7-4-8-16-36,37-17-9-5-10-18-37)56-30-42-38-22-23-39(38)43(51)19-11-6-12-27-57(53,54)49-45(52)34-20-25-44-41(29-34)50(42)31-47(32-55-44)26-13-14-33-28-35(48)21-24-40(33)47/h4-5,7-11,15-21,24-25,28-29,38-39,42-43,51H,6,12-14,22-23,26-27,30-32H2,1-3H3,(H,49,52). The molecule has 1 spiro atoms. The molecule has 0 radical (unpaired) electrons. The van der Waals surface area contributed by atoms with Crippen LogP contribution < -0.4 is 24.7 Å². The number of benzene rings is 4. The Labute approximate surface area is 349 Å². The van der Waals surface area contributed by atoms with Crippen molar-refractivity contribution in [3.63, 3.8) is 0 Å². The Morgan fingerprint density at radius 2 is 1.66 bits per heavy atom. The number of allylic oxidation sites excluding steroid dienone is 1. The number of amides is 1. The molecule has 2 bridgehead atoms. The molecule has 8 nitrogen and oxygen atoms in total. The molecule has 0 saturated heterocycles. The van der Waals surface area contributed by atoms with Crippen LogP contribution in [0.3, 0.4) is 0 Å². The SMILES string of the molecule is CC(C)(C)[Si](OCC1C2CCC2C(O)C=CCCCS(=O)(=O)NC(=O)c2ccc3c(c2)N1CC1(CCCc2cc(Cl)ccc21)CO3)(c1ccccc1)c1ccccc1. The molecule has 5 unspecified atom stereocenters. The van der Waals surface area contributed by atoms with E-state index in [-0.39, 0.29) is 34.2 Å². The Morgan fingerprint density at radius 1 is 0.948 bits per heavy atom. The first-order valence-corrected chi connectivity index (χ1v) is 24.7. The van der Waals surface area contributed by atoms with Crippen molar-refractivity contribution in [3.05, 3.63) is 131 Å². The van der Waals surface area contributed by atoms with E-state index in [9.17, 15) is 18.3 Å². The minimum Gasteiger partial charge on any atom is -0.490 e. The molecule has 0 aromatic heterocycles. The summed E-state index contributed by atoms with van der Waals surface area (Å²) in [6.45, 7) is 8.21. The average Bonchev–Trinajstić information content (AvgIpc) is 3.33. The Kier molecular flexibility index (Phi) is 11.4. The van der Waals surface area contributed by atoms with Gasteiger partial charge in [-0.25, -0.2) is 13.1 Å². The number of aliphatic hydroxyl groups excluding tert-OH is 1. The van der Waals surface area contributed by atoms with Gasteiger partial charge in [0.15, 0.2) is 0 Å². The topological polar surface area (TPSA) is 105 Å². The predicted molar refractivity (Wildman–Crippen MR) is 235 cm³/mol.